The van der Waals surface area contributed by atoms with Crippen LogP contribution in [0.25, 0.3) is 0 Å². The number of likely N-dealkylation sites (tertiary alicyclic amines) is 1. The van der Waals surface area contributed by atoms with Gasteiger partial charge in [0, 0.05) is 31.0 Å². The molecule has 0 bridgehead atoms. The normalized spacial score (nSPS) is 20.8. The van der Waals surface area contributed by atoms with Gasteiger partial charge in [-0.25, -0.2) is 0 Å². The molecule has 4 nitrogen and oxygen atoms in total. The fourth-order valence-corrected chi connectivity index (χ4v) is 2.01. The molecule has 1 aliphatic heterocycles. The lowest BCUT2D eigenvalue weighted by molar-refractivity contribution is -0.131. The Hall–Kier alpha value is -1.42. The van der Waals surface area contributed by atoms with Gasteiger partial charge >= 0.3 is 0 Å². The van der Waals surface area contributed by atoms with Crippen LogP contribution in [0.5, 0.6) is 0 Å². The Balaban J connectivity index is 1.93. The summed E-state index contributed by atoms with van der Waals surface area (Å²) in [4.78, 5) is 17.9. The molecule has 0 aromatic carbocycles. The number of pyridine rings is 1. The van der Waals surface area contributed by atoms with Crippen molar-refractivity contribution in [2.24, 2.45) is 5.73 Å². The summed E-state index contributed by atoms with van der Waals surface area (Å²) >= 11 is 0. The van der Waals surface area contributed by atoms with E-state index in [0.717, 1.165) is 25.1 Å². The maximum absolute atomic E-state index is 11.9. The molecule has 0 unspecified atom stereocenters. The largest absolute Gasteiger partial charge is 0.341 e. The van der Waals surface area contributed by atoms with Crippen molar-refractivity contribution in [1.29, 1.82) is 0 Å². The topological polar surface area (TPSA) is 59.2 Å². The van der Waals surface area contributed by atoms with Crippen molar-refractivity contribution in [3.8, 4) is 0 Å². The zero-order valence-corrected chi connectivity index (χ0v) is 9.30. The number of amides is 1. The predicted octanol–water partition coefficient (Wildman–Crippen LogP) is 0.574. The predicted molar refractivity (Wildman–Crippen MR) is 61.7 cm³/mol. The highest BCUT2D eigenvalue weighted by atomic mass is 16.2. The first kappa shape index (κ1) is 11.1. The Labute approximate surface area is 95.5 Å². The second-order valence-electron chi connectivity index (χ2n) is 4.24. The molecule has 2 heterocycles. The van der Waals surface area contributed by atoms with E-state index >= 15 is 0 Å². The Kier molecular flexibility index (Phi) is 3.51. The quantitative estimate of drug-likeness (QED) is 0.791. The minimum atomic E-state index is 0.133. The van der Waals surface area contributed by atoms with E-state index in [1.807, 2.05) is 23.1 Å². The van der Waals surface area contributed by atoms with Crippen LogP contribution in [0.15, 0.2) is 24.4 Å². The summed E-state index contributed by atoms with van der Waals surface area (Å²) in [6.45, 7) is 1.52. The van der Waals surface area contributed by atoms with Gasteiger partial charge in [-0.05, 0) is 25.0 Å². The maximum atomic E-state index is 11.9. The van der Waals surface area contributed by atoms with Crippen molar-refractivity contribution in [2.45, 2.75) is 25.3 Å². The summed E-state index contributed by atoms with van der Waals surface area (Å²) in [5.41, 5.74) is 6.67. The summed E-state index contributed by atoms with van der Waals surface area (Å²) in [7, 11) is 0. The van der Waals surface area contributed by atoms with E-state index in [2.05, 4.69) is 4.98 Å². The molecule has 1 fully saturated rings. The summed E-state index contributed by atoms with van der Waals surface area (Å²) in [5.74, 6) is 0.133. The molecule has 4 heteroatoms. The van der Waals surface area contributed by atoms with E-state index in [1.165, 1.54) is 0 Å². The molecule has 0 aliphatic carbocycles. The zero-order valence-electron chi connectivity index (χ0n) is 9.30. The average molecular weight is 219 g/mol. The van der Waals surface area contributed by atoms with Crippen LogP contribution >= 0.6 is 0 Å². The highest BCUT2D eigenvalue weighted by Gasteiger charge is 2.21. The van der Waals surface area contributed by atoms with Gasteiger partial charge in [-0.1, -0.05) is 6.07 Å². The van der Waals surface area contributed by atoms with Crippen molar-refractivity contribution < 1.29 is 4.79 Å². The Morgan fingerprint density at radius 2 is 2.44 bits per heavy atom. The second kappa shape index (κ2) is 5.07. The number of piperidine rings is 1. The minimum absolute atomic E-state index is 0.133. The van der Waals surface area contributed by atoms with Crippen molar-refractivity contribution in [1.82, 2.24) is 9.88 Å². The molecular formula is C12H17N3O. The smallest absolute Gasteiger partial charge is 0.228 e. The molecule has 0 radical (unpaired) electrons. The Bertz CT molecular complexity index is 353. The molecule has 1 saturated heterocycles. The third kappa shape index (κ3) is 2.79. The highest BCUT2D eigenvalue weighted by molar-refractivity contribution is 5.78. The first-order chi connectivity index (χ1) is 7.75. The van der Waals surface area contributed by atoms with Gasteiger partial charge in [-0.3, -0.25) is 9.78 Å². The van der Waals surface area contributed by atoms with E-state index in [9.17, 15) is 4.79 Å². The third-order valence-corrected chi connectivity index (χ3v) is 2.87. The molecule has 16 heavy (non-hydrogen) atoms. The van der Waals surface area contributed by atoms with Gasteiger partial charge in [0.25, 0.3) is 0 Å². The van der Waals surface area contributed by atoms with E-state index in [0.29, 0.717) is 13.0 Å². The molecule has 1 amide bonds. The Morgan fingerprint density at radius 3 is 3.12 bits per heavy atom. The van der Waals surface area contributed by atoms with E-state index < -0.39 is 0 Å². The fraction of sp³-hybridized carbons (Fsp3) is 0.500. The molecule has 2 N–H and O–H groups in total. The van der Waals surface area contributed by atoms with E-state index in [-0.39, 0.29) is 11.9 Å². The van der Waals surface area contributed by atoms with E-state index in [4.69, 9.17) is 5.73 Å². The van der Waals surface area contributed by atoms with Crippen LogP contribution in [0.4, 0.5) is 0 Å². The number of nitrogens with two attached hydrogens (primary N) is 1. The first-order valence-electron chi connectivity index (χ1n) is 5.69. The second-order valence-corrected chi connectivity index (χ2v) is 4.24. The number of rotatable bonds is 2. The third-order valence-electron chi connectivity index (χ3n) is 2.87. The van der Waals surface area contributed by atoms with Gasteiger partial charge in [-0.15, -0.1) is 0 Å². The molecule has 2 rings (SSSR count). The summed E-state index contributed by atoms with van der Waals surface area (Å²) < 4.78 is 0. The molecule has 1 aliphatic rings. The van der Waals surface area contributed by atoms with E-state index in [1.54, 1.807) is 6.20 Å². The molecule has 1 aromatic heterocycles. The number of nitrogens with zero attached hydrogens (tertiary/aromatic N) is 2. The highest BCUT2D eigenvalue weighted by Crippen LogP contribution is 2.09. The molecule has 86 valence electrons. The molecule has 0 spiro atoms. The number of hydrogen-bond acceptors (Lipinski definition) is 3. The van der Waals surface area contributed by atoms with Crippen LogP contribution in [-0.2, 0) is 11.2 Å². The monoisotopic (exact) mass is 219 g/mol. The van der Waals surface area contributed by atoms with Crippen LogP contribution in [0, 0.1) is 0 Å². The van der Waals surface area contributed by atoms with Crippen LogP contribution in [0.2, 0.25) is 0 Å². The molecule has 1 atom stereocenters. The molecule has 0 saturated carbocycles. The lowest BCUT2D eigenvalue weighted by Gasteiger charge is -2.30. The number of carbonyl (C=O) groups is 1. The molecule has 1 aromatic rings. The van der Waals surface area contributed by atoms with Crippen molar-refractivity contribution in [3.63, 3.8) is 0 Å². The number of aromatic nitrogens is 1. The first-order valence-corrected chi connectivity index (χ1v) is 5.69. The van der Waals surface area contributed by atoms with Crippen LogP contribution < -0.4 is 5.73 Å². The standard InChI is InChI=1S/C12H17N3O/c13-10-4-3-7-15(9-10)12(16)8-11-5-1-2-6-14-11/h1-2,5-6,10H,3-4,7-9,13H2/t10-/m1/s1. The SMILES string of the molecule is N[C@@H]1CCCN(C(=O)Cc2ccccn2)C1. The van der Waals surface area contributed by atoms with Crippen LogP contribution in [0.3, 0.4) is 0 Å². The van der Waals surface area contributed by atoms with Gasteiger partial charge in [0.2, 0.25) is 5.91 Å². The van der Waals surface area contributed by atoms with Gasteiger partial charge in [0.15, 0.2) is 0 Å². The summed E-state index contributed by atoms with van der Waals surface area (Å²) in [6, 6.07) is 5.77. The minimum Gasteiger partial charge on any atom is -0.341 e. The summed E-state index contributed by atoms with van der Waals surface area (Å²) in [6.07, 6.45) is 4.13. The fourth-order valence-electron chi connectivity index (χ4n) is 2.01. The van der Waals surface area contributed by atoms with Crippen LogP contribution in [0.1, 0.15) is 18.5 Å². The zero-order chi connectivity index (χ0) is 11.4. The lowest BCUT2D eigenvalue weighted by atomic mass is 10.1. The van der Waals surface area contributed by atoms with Crippen molar-refractivity contribution in [3.05, 3.63) is 30.1 Å². The Morgan fingerprint density at radius 1 is 1.56 bits per heavy atom. The summed E-state index contributed by atoms with van der Waals surface area (Å²) in [5, 5.41) is 0. The number of hydrogen-bond donors (Lipinski definition) is 1. The van der Waals surface area contributed by atoms with Gasteiger partial charge in [0.1, 0.15) is 0 Å². The average Bonchev–Trinajstić information content (AvgIpc) is 2.30. The van der Waals surface area contributed by atoms with Gasteiger partial charge in [0.05, 0.1) is 6.42 Å². The van der Waals surface area contributed by atoms with Gasteiger partial charge in [-0.2, -0.15) is 0 Å². The lowest BCUT2D eigenvalue weighted by Crippen LogP contribution is -2.46. The van der Waals surface area contributed by atoms with Gasteiger partial charge < -0.3 is 10.6 Å². The maximum Gasteiger partial charge on any atom is 0.228 e. The van der Waals surface area contributed by atoms with Crippen molar-refractivity contribution in [2.75, 3.05) is 13.1 Å². The van der Waals surface area contributed by atoms with Crippen LogP contribution in [-0.4, -0.2) is 34.9 Å². The van der Waals surface area contributed by atoms with Crippen molar-refractivity contribution >= 4 is 5.91 Å². The molecular weight excluding hydrogens is 202 g/mol. The number of carbonyl (C=O) groups excluding carboxylic acids is 1.